The van der Waals surface area contributed by atoms with Crippen LogP contribution in [0, 0.1) is 5.92 Å². The molecule has 0 fully saturated rings. The number of hydrogen-bond acceptors (Lipinski definition) is 1. The fourth-order valence-corrected chi connectivity index (χ4v) is 1.42. The van der Waals surface area contributed by atoms with Crippen LogP contribution in [0.4, 0.5) is 0 Å². The highest BCUT2D eigenvalue weighted by molar-refractivity contribution is 5.78. The van der Waals surface area contributed by atoms with E-state index in [9.17, 15) is 4.79 Å². The summed E-state index contributed by atoms with van der Waals surface area (Å²) in [5.41, 5.74) is 0. The number of amides is 1. The molecule has 1 atom stereocenters. The van der Waals surface area contributed by atoms with E-state index < -0.39 is 0 Å². The first-order valence-corrected chi connectivity index (χ1v) is 6.27. The molecule has 1 unspecified atom stereocenters. The smallest absolute Gasteiger partial charge is 0.223 e. The Balaban J connectivity index is 3.55. The highest BCUT2D eigenvalue weighted by Gasteiger charge is 2.09. The van der Waals surface area contributed by atoms with Crippen molar-refractivity contribution in [2.75, 3.05) is 6.54 Å². The highest BCUT2D eigenvalue weighted by atomic mass is 16.1. The molecule has 2 heteroatoms. The molecular formula is C14H25NO. The van der Waals surface area contributed by atoms with Gasteiger partial charge in [0.1, 0.15) is 0 Å². The Bertz CT molecular complexity index is 221. The first-order valence-electron chi connectivity index (χ1n) is 6.27. The van der Waals surface area contributed by atoms with Gasteiger partial charge in [0.25, 0.3) is 0 Å². The van der Waals surface area contributed by atoms with Crippen molar-refractivity contribution in [3.05, 3.63) is 24.8 Å². The number of rotatable bonds is 9. The molecule has 92 valence electrons. The van der Waals surface area contributed by atoms with E-state index in [-0.39, 0.29) is 11.8 Å². The third-order valence-corrected chi connectivity index (χ3v) is 2.54. The Labute approximate surface area is 99.8 Å². The van der Waals surface area contributed by atoms with Gasteiger partial charge in [0.2, 0.25) is 5.91 Å². The van der Waals surface area contributed by atoms with Gasteiger partial charge in [-0.3, -0.25) is 4.79 Å². The van der Waals surface area contributed by atoms with E-state index >= 15 is 0 Å². The summed E-state index contributed by atoms with van der Waals surface area (Å²) in [5, 5.41) is 2.97. The lowest BCUT2D eigenvalue weighted by molar-refractivity contribution is -0.124. The summed E-state index contributed by atoms with van der Waals surface area (Å²) < 4.78 is 0. The molecule has 0 aromatic carbocycles. The molecular weight excluding hydrogens is 198 g/mol. The molecule has 0 aliphatic rings. The van der Waals surface area contributed by atoms with Gasteiger partial charge in [0, 0.05) is 12.5 Å². The van der Waals surface area contributed by atoms with Crippen molar-refractivity contribution in [1.82, 2.24) is 5.32 Å². The molecule has 0 aliphatic carbocycles. The Morgan fingerprint density at radius 3 is 2.75 bits per heavy atom. The zero-order valence-electron chi connectivity index (χ0n) is 10.7. The second kappa shape index (κ2) is 10.5. The topological polar surface area (TPSA) is 29.1 Å². The van der Waals surface area contributed by atoms with Gasteiger partial charge < -0.3 is 5.32 Å². The molecule has 0 radical (unpaired) electrons. The van der Waals surface area contributed by atoms with E-state index in [1.54, 1.807) is 6.08 Å². The Kier molecular flexibility index (Phi) is 9.78. The predicted molar refractivity (Wildman–Crippen MR) is 70.3 cm³/mol. The fourth-order valence-electron chi connectivity index (χ4n) is 1.42. The van der Waals surface area contributed by atoms with E-state index in [0.717, 1.165) is 19.4 Å². The van der Waals surface area contributed by atoms with Gasteiger partial charge in [0.15, 0.2) is 0 Å². The first-order chi connectivity index (χ1) is 7.72. The molecule has 2 nitrogen and oxygen atoms in total. The summed E-state index contributed by atoms with van der Waals surface area (Å²) in [7, 11) is 0. The van der Waals surface area contributed by atoms with E-state index in [0.29, 0.717) is 0 Å². The van der Waals surface area contributed by atoms with Crippen LogP contribution in [0.5, 0.6) is 0 Å². The Morgan fingerprint density at radius 2 is 2.12 bits per heavy atom. The third kappa shape index (κ3) is 8.27. The van der Waals surface area contributed by atoms with Gasteiger partial charge in [0.05, 0.1) is 0 Å². The summed E-state index contributed by atoms with van der Waals surface area (Å²) in [5.74, 6) is 0.215. The monoisotopic (exact) mass is 223 g/mol. The van der Waals surface area contributed by atoms with Crippen molar-refractivity contribution in [3.8, 4) is 0 Å². The fraction of sp³-hybridized carbons (Fsp3) is 0.643. The average molecular weight is 223 g/mol. The van der Waals surface area contributed by atoms with Crippen molar-refractivity contribution in [2.24, 2.45) is 5.92 Å². The molecule has 1 amide bonds. The summed E-state index contributed by atoms with van der Waals surface area (Å²) in [6, 6.07) is 0. The minimum Gasteiger partial charge on any atom is -0.356 e. The molecule has 0 aromatic rings. The van der Waals surface area contributed by atoms with Crippen molar-refractivity contribution >= 4 is 5.91 Å². The van der Waals surface area contributed by atoms with Crippen LogP contribution in [0.3, 0.4) is 0 Å². The van der Waals surface area contributed by atoms with E-state index in [4.69, 9.17) is 0 Å². The maximum absolute atomic E-state index is 11.6. The second-order valence-electron chi connectivity index (χ2n) is 4.15. The largest absolute Gasteiger partial charge is 0.356 e. The van der Waals surface area contributed by atoms with Crippen LogP contribution in [-0.4, -0.2) is 12.5 Å². The predicted octanol–water partition coefficient (Wildman–Crippen LogP) is 3.45. The molecule has 16 heavy (non-hydrogen) atoms. The second-order valence-corrected chi connectivity index (χ2v) is 4.15. The van der Waals surface area contributed by atoms with Crippen LogP contribution >= 0.6 is 0 Å². The Hall–Kier alpha value is -1.05. The Morgan fingerprint density at radius 1 is 1.38 bits per heavy atom. The van der Waals surface area contributed by atoms with Crippen LogP contribution in [0.2, 0.25) is 0 Å². The quantitative estimate of drug-likeness (QED) is 0.471. The number of nitrogens with one attached hydrogen (secondary N) is 1. The summed E-state index contributed by atoms with van der Waals surface area (Å²) in [6.07, 6.45) is 11.2. The SMILES string of the molecule is C=C/C=C\CC(C)C(=O)NCCCCCC. The zero-order valence-corrected chi connectivity index (χ0v) is 10.7. The van der Waals surface area contributed by atoms with Crippen LogP contribution in [-0.2, 0) is 4.79 Å². The summed E-state index contributed by atoms with van der Waals surface area (Å²) in [4.78, 5) is 11.6. The van der Waals surface area contributed by atoms with Gasteiger partial charge in [-0.2, -0.15) is 0 Å². The molecule has 0 saturated carbocycles. The van der Waals surface area contributed by atoms with Gasteiger partial charge in [-0.1, -0.05) is 57.9 Å². The molecule has 0 aliphatic heterocycles. The zero-order chi connectivity index (χ0) is 12.2. The van der Waals surface area contributed by atoms with Crippen LogP contribution in [0.25, 0.3) is 0 Å². The van der Waals surface area contributed by atoms with Crippen molar-refractivity contribution < 1.29 is 4.79 Å². The molecule has 0 bridgehead atoms. The maximum atomic E-state index is 11.6. The molecule has 0 rings (SSSR count). The lowest BCUT2D eigenvalue weighted by Gasteiger charge is -2.09. The number of carbonyl (C=O) groups excluding carboxylic acids is 1. The van der Waals surface area contributed by atoms with Crippen molar-refractivity contribution in [1.29, 1.82) is 0 Å². The van der Waals surface area contributed by atoms with Crippen LogP contribution < -0.4 is 5.32 Å². The van der Waals surface area contributed by atoms with Crippen molar-refractivity contribution in [2.45, 2.75) is 46.0 Å². The minimum absolute atomic E-state index is 0.0578. The van der Waals surface area contributed by atoms with Crippen LogP contribution in [0.1, 0.15) is 46.0 Å². The lowest BCUT2D eigenvalue weighted by Crippen LogP contribution is -2.29. The molecule has 0 saturated heterocycles. The molecule has 1 N–H and O–H groups in total. The third-order valence-electron chi connectivity index (χ3n) is 2.54. The number of hydrogen-bond donors (Lipinski definition) is 1. The average Bonchev–Trinajstić information content (AvgIpc) is 2.28. The van der Waals surface area contributed by atoms with Crippen LogP contribution in [0.15, 0.2) is 24.8 Å². The lowest BCUT2D eigenvalue weighted by atomic mass is 10.1. The van der Waals surface area contributed by atoms with E-state index in [1.165, 1.54) is 19.3 Å². The summed E-state index contributed by atoms with van der Waals surface area (Å²) >= 11 is 0. The minimum atomic E-state index is 0.0578. The molecule has 0 aromatic heterocycles. The van der Waals surface area contributed by atoms with Gasteiger partial charge >= 0.3 is 0 Å². The summed E-state index contributed by atoms with van der Waals surface area (Å²) in [6.45, 7) is 8.55. The highest BCUT2D eigenvalue weighted by Crippen LogP contribution is 2.03. The molecule has 0 spiro atoms. The maximum Gasteiger partial charge on any atom is 0.223 e. The number of carbonyl (C=O) groups is 1. The normalized spacial score (nSPS) is 12.6. The first kappa shape index (κ1) is 14.9. The van der Waals surface area contributed by atoms with Gasteiger partial charge in [-0.25, -0.2) is 0 Å². The van der Waals surface area contributed by atoms with Gasteiger partial charge in [-0.15, -0.1) is 0 Å². The van der Waals surface area contributed by atoms with E-state index in [1.807, 2.05) is 19.1 Å². The number of unbranched alkanes of at least 4 members (excludes halogenated alkanes) is 3. The van der Waals surface area contributed by atoms with Crippen molar-refractivity contribution in [3.63, 3.8) is 0 Å². The standard InChI is InChI=1S/C14H25NO/c1-4-6-8-10-12-15-14(16)13(3)11-9-7-5-2/h5,7,9,13H,2,4,6,8,10-12H2,1,3H3,(H,15,16)/b9-7-. The van der Waals surface area contributed by atoms with E-state index in [2.05, 4.69) is 18.8 Å². The number of allylic oxidation sites excluding steroid dienone is 3. The van der Waals surface area contributed by atoms with Gasteiger partial charge in [-0.05, 0) is 12.8 Å². The molecule has 0 heterocycles.